The minimum atomic E-state index is 0.0279. The smallest absolute Gasteiger partial charge is 0.244 e. The standard InChI is InChI=1S/C11H9NOS3/c1-14-11-12-9(10(13)16-11)6-2-4-8-5-3-7-15-8/h2-7H,1H3. The average Bonchev–Trinajstić information content (AvgIpc) is 2.89. The highest BCUT2D eigenvalue weighted by Gasteiger charge is 2.20. The summed E-state index contributed by atoms with van der Waals surface area (Å²) in [6.45, 7) is 0. The molecular weight excluding hydrogens is 258 g/mol. The van der Waals surface area contributed by atoms with E-state index in [9.17, 15) is 4.79 Å². The zero-order valence-electron chi connectivity index (χ0n) is 8.54. The van der Waals surface area contributed by atoms with E-state index in [4.69, 9.17) is 0 Å². The largest absolute Gasteiger partial charge is 0.279 e. The fourth-order valence-electron chi connectivity index (χ4n) is 1.11. The van der Waals surface area contributed by atoms with E-state index in [1.165, 1.54) is 28.4 Å². The molecule has 0 unspecified atom stereocenters. The Labute approximate surface area is 107 Å². The molecule has 0 bridgehead atoms. The highest BCUT2D eigenvalue weighted by atomic mass is 32.2. The van der Waals surface area contributed by atoms with Crippen molar-refractivity contribution < 1.29 is 4.79 Å². The van der Waals surface area contributed by atoms with Gasteiger partial charge in [0.05, 0.1) is 0 Å². The second-order valence-electron chi connectivity index (χ2n) is 2.90. The van der Waals surface area contributed by atoms with Crippen molar-refractivity contribution in [2.75, 3.05) is 6.26 Å². The molecule has 0 saturated heterocycles. The first kappa shape index (κ1) is 11.7. The van der Waals surface area contributed by atoms with Crippen molar-refractivity contribution in [3.63, 3.8) is 0 Å². The average molecular weight is 267 g/mol. The van der Waals surface area contributed by atoms with Gasteiger partial charge < -0.3 is 0 Å². The molecule has 2 heterocycles. The van der Waals surface area contributed by atoms with E-state index in [1.54, 1.807) is 17.4 Å². The number of carbonyl (C=O) groups is 1. The van der Waals surface area contributed by atoms with Crippen molar-refractivity contribution in [1.82, 2.24) is 0 Å². The van der Waals surface area contributed by atoms with Crippen LogP contribution < -0.4 is 0 Å². The molecular formula is C11H9NOS3. The maximum absolute atomic E-state index is 11.5. The number of thiophene rings is 1. The van der Waals surface area contributed by atoms with Crippen LogP contribution in [0.4, 0.5) is 0 Å². The summed E-state index contributed by atoms with van der Waals surface area (Å²) in [6, 6.07) is 4.03. The summed E-state index contributed by atoms with van der Waals surface area (Å²) in [4.78, 5) is 16.9. The number of nitrogens with zero attached hydrogens (tertiary/aromatic N) is 1. The number of hydrogen-bond acceptors (Lipinski definition) is 5. The molecule has 16 heavy (non-hydrogen) atoms. The summed E-state index contributed by atoms with van der Waals surface area (Å²) in [5.41, 5.74) is 0.530. The number of thioether (sulfide) groups is 2. The number of carbonyl (C=O) groups excluding carboxylic acids is 1. The zero-order chi connectivity index (χ0) is 11.4. The molecule has 0 amide bonds. The van der Waals surface area contributed by atoms with Crippen molar-refractivity contribution in [1.29, 1.82) is 0 Å². The predicted octanol–water partition coefficient (Wildman–Crippen LogP) is 3.64. The molecule has 1 aliphatic rings. The molecule has 2 nitrogen and oxygen atoms in total. The molecule has 0 aromatic carbocycles. The molecule has 1 aliphatic heterocycles. The lowest BCUT2D eigenvalue weighted by Crippen LogP contribution is -1.86. The summed E-state index contributed by atoms with van der Waals surface area (Å²) in [7, 11) is 0. The quantitative estimate of drug-likeness (QED) is 0.766. The van der Waals surface area contributed by atoms with Gasteiger partial charge in [0.25, 0.3) is 0 Å². The van der Waals surface area contributed by atoms with Crippen LogP contribution >= 0.6 is 34.9 Å². The maximum atomic E-state index is 11.5. The Morgan fingerprint density at radius 1 is 1.50 bits per heavy atom. The lowest BCUT2D eigenvalue weighted by atomic mass is 10.3. The van der Waals surface area contributed by atoms with Crippen LogP contribution in [0.25, 0.3) is 6.08 Å². The van der Waals surface area contributed by atoms with Crippen molar-refractivity contribution in [3.05, 3.63) is 40.2 Å². The Bertz CT molecular complexity index is 471. The van der Waals surface area contributed by atoms with E-state index >= 15 is 0 Å². The number of aliphatic imine (C=N–C) groups is 1. The number of hydrogen-bond donors (Lipinski definition) is 0. The van der Waals surface area contributed by atoms with Crippen LogP contribution in [-0.2, 0) is 4.79 Å². The van der Waals surface area contributed by atoms with Gasteiger partial charge in [-0.3, -0.25) is 4.79 Å². The zero-order valence-corrected chi connectivity index (χ0v) is 11.0. The number of rotatable bonds is 2. The third kappa shape index (κ3) is 2.87. The van der Waals surface area contributed by atoms with Gasteiger partial charge in [0.1, 0.15) is 10.1 Å². The highest BCUT2D eigenvalue weighted by Crippen LogP contribution is 2.28. The van der Waals surface area contributed by atoms with Crippen molar-refractivity contribution in [3.8, 4) is 0 Å². The first-order valence-electron chi connectivity index (χ1n) is 4.56. The molecule has 2 rings (SSSR count). The van der Waals surface area contributed by atoms with Gasteiger partial charge in [-0.15, -0.1) is 23.1 Å². The monoisotopic (exact) mass is 267 g/mol. The SMILES string of the molecule is CSC1=NC(=CC=Cc2cccs2)C(=O)S1. The molecule has 0 atom stereocenters. The summed E-state index contributed by atoms with van der Waals surface area (Å²) in [6.07, 6.45) is 7.52. The Balaban J connectivity index is 2.08. The fourth-order valence-corrected chi connectivity index (χ4v) is 3.01. The van der Waals surface area contributed by atoms with Crippen LogP contribution in [0.1, 0.15) is 4.88 Å². The lowest BCUT2D eigenvalue weighted by Gasteiger charge is -1.85. The van der Waals surface area contributed by atoms with Crippen LogP contribution in [0.15, 0.2) is 40.4 Å². The van der Waals surface area contributed by atoms with Gasteiger partial charge in [-0.05, 0) is 41.6 Å². The van der Waals surface area contributed by atoms with Crippen LogP contribution in [0.3, 0.4) is 0 Å². The molecule has 5 heteroatoms. The van der Waals surface area contributed by atoms with E-state index in [0.717, 1.165) is 4.38 Å². The van der Waals surface area contributed by atoms with E-state index in [1.807, 2.05) is 35.9 Å². The highest BCUT2D eigenvalue weighted by molar-refractivity contribution is 8.45. The van der Waals surface area contributed by atoms with Gasteiger partial charge in [0.2, 0.25) is 5.12 Å². The molecule has 0 radical (unpaired) electrons. The second kappa shape index (κ2) is 5.52. The first-order valence-corrected chi connectivity index (χ1v) is 7.48. The second-order valence-corrected chi connectivity index (χ2v) is 5.89. The van der Waals surface area contributed by atoms with E-state index < -0.39 is 0 Å². The Morgan fingerprint density at radius 3 is 3.00 bits per heavy atom. The normalized spacial score (nSPS) is 18.7. The van der Waals surface area contributed by atoms with Crippen LogP contribution in [-0.4, -0.2) is 15.7 Å². The fraction of sp³-hybridized carbons (Fsp3) is 0.0909. The molecule has 1 aromatic heterocycles. The van der Waals surface area contributed by atoms with Gasteiger partial charge in [-0.25, -0.2) is 4.99 Å². The molecule has 0 aliphatic carbocycles. The molecule has 82 valence electrons. The molecule has 0 saturated carbocycles. The van der Waals surface area contributed by atoms with Crippen LogP contribution in [0, 0.1) is 0 Å². The van der Waals surface area contributed by atoms with E-state index in [2.05, 4.69) is 4.99 Å². The van der Waals surface area contributed by atoms with Crippen molar-refractivity contribution in [2.45, 2.75) is 0 Å². The summed E-state index contributed by atoms with van der Waals surface area (Å²) in [5, 5.41) is 2.05. The summed E-state index contributed by atoms with van der Waals surface area (Å²) < 4.78 is 0.820. The minimum absolute atomic E-state index is 0.0279. The van der Waals surface area contributed by atoms with Gasteiger partial charge >= 0.3 is 0 Å². The van der Waals surface area contributed by atoms with Gasteiger partial charge in [-0.2, -0.15) is 0 Å². The Hall–Kier alpha value is -0.780. The third-order valence-corrected chi connectivity index (χ3v) is 4.52. The minimum Gasteiger partial charge on any atom is -0.279 e. The van der Waals surface area contributed by atoms with Crippen LogP contribution in [0.5, 0.6) is 0 Å². The molecule has 0 N–H and O–H groups in total. The molecule has 1 aromatic rings. The molecule has 0 fully saturated rings. The Morgan fingerprint density at radius 2 is 2.38 bits per heavy atom. The third-order valence-electron chi connectivity index (χ3n) is 1.83. The van der Waals surface area contributed by atoms with Crippen molar-refractivity contribution >= 4 is 50.4 Å². The van der Waals surface area contributed by atoms with E-state index in [-0.39, 0.29) is 5.12 Å². The van der Waals surface area contributed by atoms with E-state index in [0.29, 0.717) is 5.70 Å². The Kier molecular flexibility index (Phi) is 4.04. The maximum Gasteiger partial charge on any atom is 0.244 e. The molecule has 0 spiro atoms. The number of allylic oxidation sites excluding steroid dienone is 2. The van der Waals surface area contributed by atoms with Gasteiger partial charge in [0, 0.05) is 4.88 Å². The van der Waals surface area contributed by atoms with Gasteiger partial charge in [-0.1, -0.05) is 12.1 Å². The topological polar surface area (TPSA) is 29.4 Å². The predicted molar refractivity (Wildman–Crippen MR) is 75.0 cm³/mol. The summed E-state index contributed by atoms with van der Waals surface area (Å²) >= 11 is 4.36. The lowest BCUT2D eigenvalue weighted by molar-refractivity contribution is -0.107. The summed E-state index contributed by atoms with van der Waals surface area (Å²) in [5.74, 6) is 0. The first-order chi connectivity index (χ1) is 7.79. The van der Waals surface area contributed by atoms with Crippen LogP contribution in [0.2, 0.25) is 0 Å². The van der Waals surface area contributed by atoms with Gasteiger partial charge in [0.15, 0.2) is 0 Å². The van der Waals surface area contributed by atoms with Crippen molar-refractivity contribution in [2.24, 2.45) is 4.99 Å².